The van der Waals surface area contributed by atoms with Crippen molar-refractivity contribution in [2.24, 2.45) is 16.7 Å². The van der Waals surface area contributed by atoms with Crippen LogP contribution < -0.4 is 10.6 Å². The summed E-state index contributed by atoms with van der Waals surface area (Å²) in [6.07, 6.45) is 0.691. The van der Waals surface area contributed by atoms with Crippen LogP contribution in [-0.2, 0) is 20.8 Å². The molecule has 1 unspecified atom stereocenters. The van der Waals surface area contributed by atoms with E-state index in [1.807, 2.05) is 0 Å². The summed E-state index contributed by atoms with van der Waals surface area (Å²) in [6, 6.07) is 8.17. The molecule has 192 valence electrons. The van der Waals surface area contributed by atoms with Crippen molar-refractivity contribution in [1.82, 2.24) is 10.3 Å². The predicted octanol–water partition coefficient (Wildman–Crippen LogP) is 4.28. The van der Waals surface area contributed by atoms with Gasteiger partial charge in [0.1, 0.15) is 16.3 Å². The lowest BCUT2D eigenvalue weighted by atomic mass is 9.65. The quantitative estimate of drug-likeness (QED) is 0.369. The number of carbonyl (C=O) groups is 4. The van der Waals surface area contributed by atoms with Gasteiger partial charge in [-0.05, 0) is 55.0 Å². The maximum absolute atomic E-state index is 13.0. The largest absolute Gasteiger partial charge is 0.481 e. The molecule has 0 spiro atoms. The van der Waals surface area contributed by atoms with Gasteiger partial charge < -0.3 is 20.8 Å². The van der Waals surface area contributed by atoms with Crippen LogP contribution in [0, 0.1) is 16.7 Å². The highest BCUT2D eigenvalue weighted by atomic mass is 35.5. The van der Waals surface area contributed by atoms with Gasteiger partial charge in [0.15, 0.2) is 0 Å². The summed E-state index contributed by atoms with van der Waals surface area (Å²) in [5, 5.41) is 24.8. The van der Waals surface area contributed by atoms with E-state index in [1.165, 1.54) is 12.1 Å². The third-order valence-electron chi connectivity index (χ3n) is 7.34. The molecule has 1 aliphatic carbocycles. The molecule has 1 heterocycles. The Hall–Kier alpha value is -3.17. The van der Waals surface area contributed by atoms with Crippen molar-refractivity contribution in [2.45, 2.75) is 46.1 Å². The molecule has 1 saturated carbocycles. The summed E-state index contributed by atoms with van der Waals surface area (Å²) in [5.41, 5.74) is -0.721. The molecule has 1 aliphatic rings. The lowest BCUT2D eigenvalue weighted by molar-refractivity contribution is -0.155. The Balaban J connectivity index is 1.66. The standard InChI is InChI=1S/C25H27Cl2N3O6/c1-24(2)16(10-11-25(24,3)23(35)36)21(32)29-17(22(33)34)12-13-4-6-14(7-5-13)28-20(31)15-8-9-18(26)30-19(15)27/h4-9,16-17H,10-12H2,1-3H3,(H,28,31)(H,29,32)(H,33,34)(H,35,36)/t16?,17-,25-/m0/s1. The fraction of sp³-hybridized carbons (Fsp3) is 0.400. The molecular formula is C25H27Cl2N3O6. The van der Waals surface area contributed by atoms with Crippen molar-refractivity contribution in [2.75, 3.05) is 5.32 Å². The molecule has 4 N–H and O–H groups in total. The number of carboxylic acids is 2. The lowest BCUT2D eigenvalue weighted by Crippen LogP contribution is -2.49. The Kier molecular flexibility index (Phi) is 7.95. The monoisotopic (exact) mass is 535 g/mol. The molecule has 3 rings (SSSR count). The fourth-order valence-electron chi connectivity index (χ4n) is 4.55. The number of hydrogen-bond acceptors (Lipinski definition) is 5. The van der Waals surface area contributed by atoms with Crippen LogP contribution in [0.1, 0.15) is 49.5 Å². The Morgan fingerprint density at radius 1 is 1.06 bits per heavy atom. The molecule has 9 nitrogen and oxygen atoms in total. The second kappa shape index (κ2) is 10.4. The molecule has 0 radical (unpaired) electrons. The number of halogens is 2. The molecule has 0 saturated heterocycles. The topological polar surface area (TPSA) is 146 Å². The van der Waals surface area contributed by atoms with Crippen LogP contribution in [0.3, 0.4) is 0 Å². The average molecular weight is 536 g/mol. The van der Waals surface area contributed by atoms with Crippen LogP contribution in [-0.4, -0.2) is 45.0 Å². The number of rotatable bonds is 8. The van der Waals surface area contributed by atoms with E-state index in [2.05, 4.69) is 15.6 Å². The van der Waals surface area contributed by atoms with Crippen LogP contribution in [0.15, 0.2) is 36.4 Å². The summed E-state index contributed by atoms with van der Waals surface area (Å²) in [4.78, 5) is 53.0. The molecule has 1 aromatic carbocycles. The first-order chi connectivity index (χ1) is 16.8. The van der Waals surface area contributed by atoms with Crippen LogP contribution >= 0.6 is 23.2 Å². The number of aliphatic carboxylic acids is 2. The van der Waals surface area contributed by atoms with Gasteiger partial charge in [-0.2, -0.15) is 0 Å². The van der Waals surface area contributed by atoms with E-state index in [0.29, 0.717) is 24.1 Å². The van der Waals surface area contributed by atoms with Crippen molar-refractivity contribution in [3.05, 3.63) is 57.8 Å². The van der Waals surface area contributed by atoms with Crippen LogP contribution in [0.25, 0.3) is 0 Å². The molecule has 11 heteroatoms. The number of anilines is 1. The molecule has 36 heavy (non-hydrogen) atoms. The van der Waals surface area contributed by atoms with Crippen LogP contribution in [0.5, 0.6) is 0 Å². The lowest BCUT2D eigenvalue weighted by Gasteiger charge is -2.38. The number of carbonyl (C=O) groups excluding carboxylic acids is 2. The van der Waals surface area contributed by atoms with Crippen LogP contribution in [0.4, 0.5) is 5.69 Å². The molecule has 2 amide bonds. The summed E-state index contributed by atoms with van der Waals surface area (Å²) >= 11 is 11.7. The number of carboxylic acid groups (broad SMARTS) is 2. The van der Waals surface area contributed by atoms with Crippen molar-refractivity contribution < 1.29 is 29.4 Å². The zero-order chi connectivity index (χ0) is 26.8. The SMILES string of the molecule is CC1(C)C(C(=O)N[C@@H](Cc2ccc(NC(=O)c3ccc(Cl)nc3Cl)cc2)C(=O)O)CC[C@@]1(C)C(=O)O. The van der Waals surface area contributed by atoms with Gasteiger partial charge in [-0.15, -0.1) is 0 Å². The van der Waals surface area contributed by atoms with E-state index >= 15 is 0 Å². The minimum atomic E-state index is -1.21. The van der Waals surface area contributed by atoms with Gasteiger partial charge in [-0.3, -0.25) is 14.4 Å². The van der Waals surface area contributed by atoms with E-state index in [1.54, 1.807) is 45.0 Å². The number of hydrogen-bond donors (Lipinski definition) is 4. The molecular weight excluding hydrogens is 509 g/mol. The van der Waals surface area contributed by atoms with Gasteiger partial charge >= 0.3 is 11.9 Å². The van der Waals surface area contributed by atoms with E-state index in [9.17, 15) is 29.4 Å². The zero-order valence-corrected chi connectivity index (χ0v) is 21.5. The van der Waals surface area contributed by atoms with Gasteiger partial charge in [0, 0.05) is 18.0 Å². The Bertz CT molecular complexity index is 1200. The first kappa shape index (κ1) is 27.4. The maximum Gasteiger partial charge on any atom is 0.326 e. The summed E-state index contributed by atoms with van der Waals surface area (Å²) < 4.78 is 0. The average Bonchev–Trinajstić information content (AvgIpc) is 3.04. The summed E-state index contributed by atoms with van der Waals surface area (Å²) in [5.74, 6) is -3.77. The highest BCUT2D eigenvalue weighted by Crippen LogP contribution is 2.56. The third-order valence-corrected chi connectivity index (χ3v) is 7.84. The highest BCUT2D eigenvalue weighted by Gasteiger charge is 2.58. The molecule has 0 bridgehead atoms. The van der Waals surface area contributed by atoms with Gasteiger partial charge in [0.2, 0.25) is 5.91 Å². The highest BCUT2D eigenvalue weighted by molar-refractivity contribution is 6.35. The number of pyridine rings is 1. The number of benzene rings is 1. The minimum absolute atomic E-state index is 0.00553. The molecule has 1 aromatic heterocycles. The Morgan fingerprint density at radius 2 is 1.69 bits per heavy atom. The zero-order valence-electron chi connectivity index (χ0n) is 20.0. The normalized spacial score (nSPS) is 21.4. The smallest absolute Gasteiger partial charge is 0.326 e. The summed E-state index contributed by atoms with van der Waals surface area (Å²) in [6.45, 7) is 5.08. The van der Waals surface area contributed by atoms with Crippen molar-refractivity contribution in [1.29, 1.82) is 0 Å². The number of aromatic nitrogens is 1. The second-order valence-electron chi connectivity index (χ2n) is 9.68. The Morgan fingerprint density at radius 3 is 2.22 bits per heavy atom. The molecule has 0 aliphatic heterocycles. The van der Waals surface area contributed by atoms with Crippen molar-refractivity contribution in [3.8, 4) is 0 Å². The fourth-order valence-corrected chi connectivity index (χ4v) is 4.98. The van der Waals surface area contributed by atoms with Gasteiger partial charge in [0.05, 0.1) is 11.0 Å². The molecule has 2 aromatic rings. The van der Waals surface area contributed by atoms with Gasteiger partial charge in [-0.1, -0.05) is 49.2 Å². The van der Waals surface area contributed by atoms with Crippen molar-refractivity contribution >= 4 is 52.6 Å². The van der Waals surface area contributed by atoms with E-state index in [-0.39, 0.29) is 22.3 Å². The summed E-state index contributed by atoms with van der Waals surface area (Å²) in [7, 11) is 0. The number of nitrogens with zero attached hydrogens (tertiary/aromatic N) is 1. The molecule has 1 fully saturated rings. The van der Waals surface area contributed by atoms with E-state index < -0.39 is 46.5 Å². The van der Waals surface area contributed by atoms with Gasteiger partial charge in [0.25, 0.3) is 5.91 Å². The van der Waals surface area contributed by atoms with E-state index in [0.717, 1.165) is 0 Å². The maximum atomic E-state index is 13.0. The van der Waals surface area contributed by atoms with Crippen LogP contribution in [0.2, 0.25) is 10.3 Å². The van der Waals surface area contributed by atoms with E-state index in [4.69, 9.17) is 23.2 Å². The predicted molar refractivity (Wildman–Crippen MR) is 134 cm³/mol. The Labute approximate surface area is 218 Å². The first-order valence-corrected chi connectivity index (χ1v) is 12.0. The first-order valence-electron chi connectivity index (χ1n) is 11.2. The second-order valence-corrected chi connectivity index (χ2v) is 10.4. The van der Waals surface area contributed by atoms with Crippen molar-refractivity contribution in [3.63, 3.8) is 0 Å². The minimum Gasteiger partial charge on any atom is -0.481 e. The number of amides is 2. The third kappa shape index (κ3) is 5.47. The number of nitrogens with one attached hydrogen (secondary N) is 2. The van der Waals surface area contributed by atoms with Gasteiger partial charge in [-0.25, -0.2) is 9.78 Å². The molecule has 3 atom stereocenters.